The van der Waals surface area contributed by atoms with Crippen LogP contribution in [-0.2, 0) is 5.41 Å². The van der Waals surface area contributed by atoms with Gasteiger partial charge in [0.25, 0.3) is 0 Å². The van der Waals surface area contributed by atoms with Crippen molar-refractivity contribution in [2.45, 2.75) is 5.41 Å². The topological polar surface area (TPSA) is 54.1 Å². The van der Waals surface area contributed by atoms with Crippen LogP contribution in [0.15, 0.2) is 231 Å². The Kier molecular flexibility index (Phi) is 8.52. The van der Waals surface area contributed by atoms with Crippen LogP contribution in [0.4, 0.5) is 34.1 Å². The van der Waals surface area contributed by atoms with E-state index in [0.717, 1.165) is 72.0 Å². The molecule has 1 spiro atoms. The van der Waals surface area contributed by atoms with Crippen LogP contribution in [0.5, 0.6) is 0 Å². The Labute approximate surface area is 388 Å². The van der Waals surface area contributed by atoms with Crippen LogP contribution < -0.4 is 9.80 Å². The molecular weight excluding hydrogens is 813 g/mol. The molecule has 0 aromatic heterocycles. The van der Waals surface area contributed by atoms with Gasteiger partial charge >= 0.3 is 0 Å². The van der Waals surface area contributed by atoms with Gasteiger partial charge in [-0.1, -0.05) is 176 Å². The van der Waals surface area contributed by atoms with Gasteiger partial charge in [0.15, 0.2) is 0 Å². The van der Waals surface area contributed by atoms with Crippen molar-refractivity contribution in [1.82, 2.24) is 0 Å². The standard InChI is InChI=1S/C63H38N4/c64-39-43-19-3-13-31-57(43)66(59-33-15-21-41-17-1-5-23-46(41)59)45-35-36-52-55(37-45)63(53-29-11-9-25-48(53)49-26-10-12-30-54(49)63)56-38-61(50-27-7-8-28-51(50)62(52)56)67(58-32-14-4-20-44(58)40-65)60-34-16-22-42-18-2-6-24-47(42)60/h1-38H. The van der Waals surface area contributed by atoms with Crippen molar-refractivity contribution in [3.8, 4) is 34.4 Å². The highest BCUT2D eigenvalue weighted by molar-refractivity contribution is 6.14. The smallest absolute Gasteiger partial charge is 0.101 e. The molecule has 11 aromatic carbocycles. The van der Waals surface area contributed by atoms with E-state index in [4.69, 9.17) is 0 Å². The maximum absolute atomic E-state index is 10.8. The summed E-state index contributed by atoms with van der Waals surface area (Å²) in [6.45, 7) is 0. The van der Waals surface area contributed by atoms with E-state index in [9.17, 15) is 10.5 Å². The minimum atomic E-state index is -0.745. The molecule has 310 valence electrons. The van der Waals surface area contributed by atoms with Crippen molar-refractivity contribution in [1.29, 1.82) is 10.5 Å². The largest absolute Gasteiger partial charge is 0.309 e. The maximum Gasteiger partial charge on any atom is 0.101 e. The molecule has 0 unspecified atom stereocenters. The fourth-order valence-electron chi connectivity index (χ4n) is 11.4. The number of hydrogen-bond donors (Lipinski definition) is 0. The molecule has 4 heteroatoms. The lowest BCUT2D eigenvalue weighted by Crippen LogP contribution is -2.26. The summed E-state index contributed by atoms with van der Waals surface area (Å²) in [5.74, 6) is 0. The van der Waals surface area contributed by atoms with E-state index < -0.39 is 5.41 Å². The first-order chi connectivity index (χ1) is 33.2. The van der Waals surface area contributed by atoms with E-state index in [1.807, 2.05) is 36.4 Å². The second-order valence-corrected chi connectivity index (χ2v) is 17.4. The fourth-order valence-corrected chi connectivity index (χ4v) is 11.4. The zero-order valence-corrected chi connectivity index (χ0v) is 36.2. The lowest BCUT2D eigenvalue weighted by atomic mass is 9.70. The van der Waals surface area contributed by atoms with Gasteiger partial charge in [-0.15, -0.1) is 0 Å². The third-order valence-corrected chi connectivity index (χ3v) is 14.1. The molecule has 0 bridgehead atoms. The summed E-state index contributed by atoms with van der Waals surface area (Å²) in [6, 6.07) is 86.7. The summed E-state index contributed by atoms with van der Waals surface area (Å²) in [4.78, 5) is 4.59. The number of para-hydroxylation sites is 2. The summed E-state index contributed by atoms with van der Waals surface area (Å²) in [5, 5.41) is 28.1. The number of rotatable bonds is 6. The van der Waals surface area contributed by atoms with Crippen molar-refractivity contribution in [3.05, 3.63) is 264 Å². The minimum absolute atomic E-state index is 0.588. The molecule has 0 radical (unpaired) electrons. The predicted molar refractivity (Wildman–Crippen MR) is 274 cm³/mol. The van der Waals surface area contributed by atoms with Crippen LogP contribution in [0.1, 0.15) is 33.4 Å². The SMILES string of the molecule is N#Cc1ccccc1N(c1ccc2c(c1)C1(c3ccccc3-c3ccccc31)c1cc(N(c3ccccc3C#N)c3cccc4ccccc34)c3ccccc3c1-2)c1cccc2ccccc12. The van der Waals surface area contributed by atoms with Gasteiger partial charge < -0.3 is 9.80 Å². The molecule has 11 aromatic rings. The first kappa shape index (κ1) is 38.3. The van der Waals surface area contributed by atoms with E-state index in [2.05, 4.69) is 216 Å². The lowest BCUT2D eigenvalue weighted by molar-refractivity contribution is 0.794. The Morgan fingerprint density at radius 1 is 0.313 bits per heavy atom. The van der Waals surface area contributed by atoms with Crippen LogP contribution in [0.2, 0.25) is 0 Å². The van der Waals surface area contributed by atoms with E-state index in [0.29, 0.717) is 11.1 Å². The molecule has 0 N–H and O–H groups in total. The molecule has 0 atom stereocenters. The fraction of sp³-hybridized carbons (Fsp3) is 0.0159. The highest BCUT2D eigenvalue weighted by Crippen LogP contribution is 2.65. The van der Waals surface area contributed by atoms with Crippen molar-refractivity contribution in [2.24, 2.45) is 0 Å². The Morgan fingerprint density at radius 3 is 1.39 bits per heavy atom. The van der Waals surface area contributed by atoms with Crippen LogP contribution in [-0.4, -0.2) is 0 Å². The van der Waals surface area contributed by atoms with E-state index in [-0.39, 0.29) is 0 Å². The summed E-state index contributed by atoms with van der Waals surface area (Å²) in [5.41, 5.74) is 15.5. The van der Waals surface area contributed by atoms with Gasteiger partial charge in [-0.05, 0) is 115 Å². The second-order valence-electron chi connectivity index (χ2n) is 17.4. The zero-order chi connectivity index (χ0) is 44.6. The molecule has 2 aliphatic rings. The number of fused-ring (bicyclic) bond motifs is 14. The molecule has 0 aliphatic heterocycles. The van der Waals surface area contributed by atoms with Gasteiger partial charge in [-0.25, -0.2) is 0 Å². The van der Waals surface area contributed by atoms with Crippen molar-refractivity contribution < 1.29 is 0 Å². The number of benzene rings is 11. The normalized spacial score (nSPS) is 12.6. The molecule has 2 aliphatic carbocycles. The Balaban J connectivity index is 1.17. The number of hydrogen-bond acceptors (Lipinski definition) is 4. The monoisotopic (exact) mass is 850 g/mol. The molecule has 0 saturated heterocycles. The Hall–Kier alpha value is -9.22. The number of nitriles is 2. The van der Waals surface area contributed by atoms with E-state index in [1.54, 1.807) is 0 Å². The van der Waals surface area contributed by atoms with Crippen LogP contribution >= 0.6 is 0 Å². The first-order valence-corrected chi connectivity index (χ1v) is 22.6. The molecular formula is C63H38N4. The third kappa shape index (κ3) is 5.45. The highest BCUT2D eigenvalue weighted by atomic mass is 15.2. The predicted octanol–water partition coefficient (Wildman–Crippen LogP) is 16.2. The quantitative estimate of drug-likeness (QED) is 0.167. The first-order valence-electron chi connectivity index (χ1n) is 22.6. The van der Waals surface area contributed by atoms with Crippen molar-refractivity contribution >= 4 is 66.4 Å². The summed E-state index contributed by atoms with van der Waals surface area (Å²) in [6.07, 6.45) is 0. The summed E-state index contributed by atoms with van der Waals surface area (Å²) in [7, 11) is 0. The molecule has 0 fully saturated rings. The van der Waals surface area contributed by atoms with Gasteiger partial charge in [0.05, 0.1) is 45.0 Å². The molecule has 0 saturated carbocycles. The number of nitrogens with zero attached hydrogens (tertiary/aromatic N) is 4. The summed E-state index contributed by atoms with van der Waals surface area (Å²) >= 11 is 0. The van der Waals surface area contributed by atoms with E-state index in [1.165, 1.54) is 38.9 Å². The number of anilines is 6. The Bertz CT molecular complexity index is 3890. The average Bonchev–Trinajstić information content (AvgIpc) is 3.86. The molecule has 0 amide bonds. The van der Waals surface area contributed by atoms with Gasteiger partial charge in [-0.2, -0.15) is 10.5 Å². The van der Waals surface area contributed by atoms with E-state index >= 15 is 0 Å². The second kappa shape index (κ2) is 14.9. The highest BCUT2D eigenvalue weighted by Gasteiger charge is 2.53. The average molecular weight is 851 g/mol. The minimum Gasteiger partial charge on any atom is -0.309 e. The van der Waals surface area contributed by atoms with Crippen molar-refractivity contribution in [2.75, 3.05) is 9.80 Å². The van der Waals surface area contributed by atoms with Gasteiger partial charge in [0.2, 0.25) is 0 Å². The molecule has 13 rings (SSSR count). The van der Waals surface area contributed by atoms with Crippen molar-refractivity contribution in [3.63, 3.8) is 0 Å². The lowest BCUT2D eigenvalue weighted by Gasteiger charge is -2.34. The van der Waals surface area contributed by atoms with Crippen LogP contribution in [0.25, 0.3) is 54.6 Å². The van der Waals surface area contributed by atoms with Gasteiger partial charge in [0.1, 0.15) is 12.1 Å². The molecule has 4 nitrogen and oxygen atoms in total. The zero-order valence-electron chi connectivity index (χ0n) is 36.2. The Morgan fingerprint density at radius 2 is 0.776 bits per heavy atom. The summed E-state index contributed by atoms with van der Waals surface area (Å²) < 4.78 is 0. The third-order valence-electron chi connectivity index (χ3n) is 14.1. The maximum atomic E-state index is 10.8. The molecule has 0 heterocycles. The van der Waals surface area contributed by atoms with Gasteiger partial charge in [0, 0.05) is 21.8 Å². The molecule has 67 heavy (non-hydrogen) atoms. The van der Waals surface area contributed by atoms with Crippen LogP contribution in [0, 0.1) is 22.7 Å². The van der Waals surface area contributed by atoms with Crippen LogP contribution in [0.3, 0.4) is 0 Å². The van der Waals surface area contributed by atoms with Gasteiger partial charge in [-0.3, -0.25) is 0 Å².